The number of carbonyl (C=O) groups excluding carboxylic acids is 1. The summed E-state index contributed by atoms with van der Waals surface area (Å²) in [6.07, 6.45) is 4.32. The molecule has 0 fully saturated rings. The molecule has 0 aliphatic rings. The average Bonchev–Trinajstić information content (AvgIpc) is 2.38. The topological polar surface area (TPSA) is 66.8 Å². The largest absolute Gasteiger partial charge is 0.481 e. The second-order valence-corrected chi connectivity index (χ2v) is 3.87. The second kappa shape index (κ2) is 7.07. The summed E-state index contributed by atoms with van der Waals surface area (Å²) in [5.41, 5.74) is 0. The number of benzene rings is 1. The van der Waals surface area contributed by atoms with Crippen LogP contribution in [0.2, 0.25) is 0 Å². The molecule has 1 unspecified atom stereocenters. The molecule has 0 spiro atoms. The molecule has 0 aliphatic heterocycles. The molecule has 0 saturated carbocycles. The molecule has 1 aromatic rings. The lowest BCUT2D eigenvalue weighted by Gasteiger charge is -2.22. The Morgan fingerprint density at radius 1 is 1.42 bits per heavy atom. The number of rotatable bonds is 6. The van der Waals surface area contributed by atoms with Gasteiger partial charge in [-0.25, -0.2) is 0 Å². The Hall–Kier alpha value is -2.48. The maximum Gasteiger partial charge on any atom is 0.323 e. The van der Waals surface area contributed by atoms with Crippen molar-refractivity contribution in [3.8, 4) is 18.1 Å². The molecular formula is C14H15NO4. The monoisotopic (exact) mass is 261 g/mol. The van der Waals surface area contributed by atoms with Gasteiger partial charge in [-0.2, -0.15) is 0 Å². The first-order chi connectivity index (χ1) is 9.04. The van der Waals surface area contributed by atoms with Crippen LogP contribution >= 0.6 is 0 Å². The van der Waals surface area contributed by atoms with E-state index in [1.54, 1.807) is 31.2 Å². The number of carboxylic acid groups (broad SMARTS) is 1. The smallest absolute Gasteiger partial charge is 0.323 e. The maximum absolute atomic E-state index is 12.0. The van der Waals surface area contributed by atoms with E-state index in [-0.39, 0.29) is 6.54 Å². The van der Waals surface area contributed by atoms with Gasteiger partial charge in [0.15, 0.2) is 6.10 Å². The number of hydrogen-bond acceptors (Lipinski definition) is 3. The Kier molecular flexibility index (Phi) is 5.42. The summed E-state index contributed by atoms with van der Waals surface area (Å²) in [5, 5.41) is 8.73. The van der Waals surface area contributed by atoms with Crippen molar-refractivity contribution >= 4 is 11.9 Å². The Morgan fingerprint density at radius 3 is 2.58 bits per heavy atom. The van der Waals surface area contributed by atoms with Gasteiger partial charge in [0.05, 0.1) is 6.54 Å². The lowest BCUT2D eigenvalue weighted by molar-refractivity contribution is -0.146. The van der Waals surface area contributed by atoms with Crippen LogP contribution in [0.25, 0.3) is 0 Å². The van der Waals surface area contributed by atoms with E-state index in [0.29, 0.717) is 5.75 Å². The summed E-state index contributed by atoms with van der Waals surface area (Å²) in [6.45, 7) is 1.06. The van der Waals surface area contributed by atoms with Crippen LogP contribution in [0.1, 0.15) is 6.92 Å². The molecule has 1 N–H and O–H groups in total. The van der Waals surface area contributed by atoms with E-state index in [4.69, 9.17) is 16.3 Å². The van der Waals surface area contributed by atoms with E-state index in [1.807, 2.05) is 6.07 Å². The molecule has 0 aliphatic carbocycles. The first-order valence-electron chi connectivity index (χ1n) is 5.70. The quantitative estimate of drug-likeness (QED) is 0.776. The highest BCUT2D eigenvalue weighted by atomic mass is 16.5. The minimum absolute atomic E-state index is 0.0619. The van der Waals surface area contributed by atoms with Crippen LogP contribution < -0.4 is 4.74 Å². The molecule has 0 bridgehead atoms. The molecule has 0 aromatic heterocycles. The zero-order chi connectivity index (χ0) is 14.3. The molecule has 0 saturated heterocycles. The molecule has 100 valence electrons. The molecular weight excluding hydrogens is 246 g/mol. The summed E-state index contributed by atoms with van der Waals surface area (Å²) in [7, 11) is 0. The third-order valence-corrected chi connectivity index (χ3v) is 2.32. The van der Waals surface area contributed by atoms with Crippen molar-refractivity contribution in [1.82, 2.24) is 4.90 Å². The highest BCUT2D eigenvalue weighted by Gasteiger charge is 2.23. The van der Waals surface area contributed by atoms with Gasteiger partial charge in [0.25, 0.3) is 5.91 Å². The standard InChI is InChI=1S/C14H15NO4/c1-3-9-15(10-13(16)17)14(18)11(2)19-12-7-5-4-6-8-12/h1,4-8,11H,9-10H2,2H3,(H,16,17). The van der Waals surface area contributed by atoms with Crippen molar-refractivity contribution in [2.24, 2.45) is 0 Å². The SMILES string of the molecule is C#CCN(CC(=O)O)C(=O)C(C)Oc1ccccc1. The van der Waals surface area contributed by atoms with E-state index in [9.17, 15) is 9.59 Å². The van der Waals surface area contributed by atoms with E-state index in [0.717, 1.165) is 4.90 Å². The van der Waals surface area contributed by atoms with Crippen LogP contribution in [0, 0.1) is 12.3 Å². The number of ether oxygens (including phenoxy) is 1. The molecule has 1 atom stereocenters. The molecule has 1 rings (SSSR count). The Balaban J connectivity index is 2.68. The Morgan fingerprint density at radius 2 is 2.05 bits per heavy atom. The first kappa shape index (κ1) is 14.6. The Labute approximate surface area is 111 Å². The fourth-order valence-electron chi connectivity index (χ4n) is 1.50. The van der Waals surface area contributed by atoms with E-state index < -0.39 is 24.5 Å². The minimum atomic E-state index is -1.12. The highest BCUT2D eigenvalue weighted by Crippen LogP contribution is 2.12. The fourth-order valence-corrected chi connectivity index (χ4v) is 1.50. The third kappa shape index (κ3) is 4.72. The van der Waals surface area contributed by atoms with E-state index in [2.05, 4.69) is 5.92 Å². The zero-order valence-electron chi connectivity index (χ0n) is 10.6. The van der Waals surface area contributed by atoms with Crippen LogP contribution in [0.4, 0.5) is 0 Å². The van der Waals surface area contributed by atoms with Crippen LogP contribution in [0.5, 0.6) is 5.75 Å². The maximum atomic E-state index is 12.0. The predicted octanol–water partition coefficient (Wildman–Crippen LogP) is 1.00. The van der Waals surface area contributed by atoms with Crippen molar-refractivity contribution in [1.29, 1.82) is 0 Å². The van der Waals surface area contributed by atoms with Crippen molar-refractivity contribution in [3.05, 3.63) is 30.3 Å². The zero-order valence-corrected chi connectivity index (χ0v) is 10.6. The van der Waals surface area contributed by atoms with Gasteiger partial charge in [0.2, 0.25) is 0 Å². The van der Waals surface area contributed by atoms with Gasteiger partial charge in [0, 0.05) is 0 Å². The highest BCUT2D eigenvalue weighted by molar-refractivity contribution is 5.84. The fraction of sp³-hybridized carbons (Fsp3) is 0.286. The van der Waals surface area contributed by atoms with Gasteiger partial charge >= 0.3 is 5.97 Å². The van der Waals surface area contributed by atoms with Crippen molar-refractivity contribution in [3.63, 3.8) is 0 Å². The number of aliphatic carboxylic acids is 1. The van der Waals surface area contributed by atoms with Gasteiger partial charge in [-0.15, -0.1) is 6.42 Å². The molecule has 0 heterocycles. The summed E-state index contributed by atoms with van der Waals surface area (Å²) >= 11 is 0. The van der Waals surface area contributed by atoms with Crippen LogP contribution in [0.15, 0.2) is 30.3 Å². The number of para-hydroxylation sites is 1. The number of carbonyl (C=O) groups is 2. The van der Waals surface area contributed by atoms with Gasteiger partial charge in [0.1, 0.15) is 12.3 Å². The lowest BCUT2D eigenvalue weighted by Crippen LogP contribution is -2.43. The van der Waals surface area contributed by atoms with Crippen LogP contribution in [0.3, 0.4) is 0 Å². The normalized spacial score (nSPS) is 11.2. The van der Waals surface area contributed by atoms with Gasteiger partial charge in [-0.1, -0.05) is 24.1 Å². The molecule has 1 amide bonds. The van der Waals surface area contributed by atoms with E-state index in [1.165, 1.54) is 0 Å². The summed E-state index contributed by atoms with van der Waals surface area (Å²) in [5.74, 6) is 1.23. The third-order valence-electron chi connectivity index (χ3n) is 2.32. The van der Waals surface area contributed by atoms with Gasteiger partial charge in [-0.05, 0) is 19.1 Å². The predicted molar refractivity (Wildman–Crippen MR) is 69.6 cm³/mol. The van der Waals surface area contributed by atoms with Gasteiger partial charge < -0.3 is 14.7 Å². The number of nitrogens with zero attached hydrogens (tertiary/aromatic N) is 1. The Bertz CT molecular complexity index is 478. The minimum Gasteiger partial charge on any atom is -0.481 e. The van der Waals surface area contributed by atoms with E-state index >= 15 is 0 Å². The number of carboxylic acids is 1. The van der Waals surface area contributed by atoms with Crippen molar-refractivity contribution in [2.45, 2.75) is 13.0 Å². The number of hydrogen-bond donors (Lipinski definition) is 1. The summed E-state index contributed by atoms with van der Waals surface area (Å²) in [6, 6.07) is 8.82. The summed E-state index contributed by atoms with van der Waals surface area (Å²) < 4.78 is 5.43. The molecule has 0 radical (unpaired) electrons. The first-order valence-corrected chi connectivity index (χ1v) is 5.70. The number of terminal acetylenes is 1. The van der Waals surface area contributed by atoms with Crippen LogP contribution in [-0.4, -0.2) is 41.1 Å². The average molecular weight is 261 g/mol. The van der Waals surface area contributed by atoms with Crippen LogP contribution in [-0.2, 0) is 9.59 Å². The van der Waals surface area contributed by atoms with Gasteiger partial charge in [-0.3, -0.25) is 9.59 Å². The van der Waals surface area contributed by atoms with Crippen molar-refractivity contribution < 1.29 is 19.4 Å². The second-order valence-electron chi connectivity index (χ2n) is 3.87. The lowest BCUT2D eigenvalue weighted by atomic mass is 10.3. The number of amides is 1. The summed E-state index contributed by atoms with van der Waals surface area (Å²) in [4.78, 5) is 23.7. The molecule has 5 nitrogen and oxygen atoms in total. The molecule has 19 heavy (non-hydrogen) atoms. The van der Waals surface area contributed by atoms with Crippen molar-refractivity contribution in [2.75, 3.05) is 13.1 Å². The molecule has 5 heteroatoms. The molecule has 1 aromatic carbocycles.